The molecule has 2 rings (SSSR count). The Balaban J connectivity index is 1.89. The van der Waals surface area contributed by atoms with Crippen LogP contribution in [0.4, 0.5) is 0 Å². The molecule has 2 aromatic rings. The van der Waals surface area contributed by atoms with Crippen LogP contribution in [0.3, 0.4) is 0 Å². The summed E-state index contributed by atoms with van der Waals surface area (Å²) in [5, 5.41) is 6.52. The molecule has 0 radical (unpaired) electrons. The van der Waals surface area contributed by atoms with Crippen molar-refractivity contribution in [3.63, 3.8) is 0 Å². The topological polar surface area (TPSA) is 58.2 Å². The Morgan fingerprint density at radius 3 is 1.52 bits per heavy atom. The molecule has 0 atom stereocenters. The van der Waals surface area contributed by atoms with E-state index in [0.29, 0.717) is 34.3 Å². The maximum absolute atomic E-state index is 12.2. The summed E-state index contributed by atoms with van der Waals surface area (Å²) in [6, 6.07) is 13.7. The molecule has 0 spiro atoms. The predicted molar refractivity (Wildman–Crippen MR) is 101 cm³/mol. The zero-order chi connectivity index (χ0) is 18.4. The Hall–Kier alpha value is -2.04. The van der Waals surface area contributed by atoms with Gasteiger partial charge in [0.25, 0.3) is 11.8 Å². The number of nitrogens with one attached hydrogen (secondary N) is 2. The maximum atomic E-state index is 12.2. The molecule has 132 valence electrons. The van der Waals surface area contributed by atoms with E-state index in [2.05, 4.69) is 10.6 Å². The van der Waals surface area contributed by atoms with E-state index in [1.807, 2.05) is 13.8 Å². The standard InChI is InChI=1S/C19H20Cl2N2O2/c1-19(2,11-22-17(24)13-7-3-5-9-15(13)20)12-23-18(25)14-8-4-6-10-16(14)21/h3-10H,11-12H2,1-2H3,(H,22,24)(H,23,25). The lowest BCUT2D eigenvalue weighted by Gasteiger charge is -2.25. The van der Waals surface area contributed by atoms with E-state index in [1.54, 1.807) is 48.5 Å². The van der Waals surface area contributed by atoms with E-state index in [9.17, 15) is 9.59 Å². The first kappa shape index (κ1) is 19.3. The molecule has 0 bridgehead atoms. The Labute approximate surface area is 157 Å². The summed E-state index contributed by atoms with van der Waals surface area (Å²) in [5.74, 6) is -0.479. The highest BCUT2D eigenvalue weighted by Crippen LogP contribution is 2.18. The van der Waals surface area contributed by atoms with Crippen molar-refractivity contribution in [2.45, 2.75) is 13.8 Å². The SMILES string of the molecule is CC(C)(CNC(=O)c1ccccc1Cl)CNC(=O)c1ccccc1Cl. The molecule has 25 heavy (non-hydrogen) atoms. The number of benzene rings is 2. The van der Waals surface area contributed by atoms with Crippen molar-refractivity contribution in [3.05, 3.63) is 69.7 Å². The van der Waals surface area contributed by atoms with E-state index in [0.717, 1.165) is 0 Å². The largest absolute Gasteiger partial charge is 0.351 e. The van der Waals surface area contributed by atoms with Gasteiger partial charge in [0.2, 0.25) is 0 Å². The minimum Gasteiger partial charge on any atom is -0.351 e. The van der Waals surface area contributed by atoms with Gasteiger partial charge in [-0.3, -0.25) is 9.59 Å². The average molecular weight is 379 g/mol. The number of amides is 2. The summed E-state index contributed by atoms with van der Waals surface area (Å²) in [6.45, 7) is 4.68. The molecule has 0 aliphatic heterocycles. The molecule has 2 aromatic carbocycles. The fraction of sp³-hybridized carbons (Fsp3) is 0.263. The molecule has 0 fully saturated rings. The van der Waals surface area contributed by atoms with Crippen LogP contribution >= 0.6 is 23.2 Å². The molecular weight excluding hydrogens is 359 g/mol. The van der Waals surface area contributed by atoms with Crippen molar-refractivity contribution in [3.8, 4) is 0 Å². The number of halogens is 2. The smallest absolute Gasteiger partial charge is 0.252 e. The third kappa shape index (κ3) is 5.48. The fourth-order valence-electron chi connectivity index (χ4n) is 2.18. The molecular formula is C19H20Cl2N2O2. The molecule has 0 aliphatic carbocycles. The number of hydrogen-bond donors (Lipinski definition) is 2. The van der Waals surface area contributed by atoms with Gasteiger partial charge in [0.1, 0.15) is 0 Å². The van der Waals surface area contributed by atoms with Crippen LogP contribution in [0.5, 0.6) is 0 Å². The summed E-state index contributed by atoms with van der Waals surface area (Å²) < 4.78 is 0. The van der Waals surface area contributed by atoms with Crippen LogP contribution in [-0.2, 0) is 0 Å². The van der Waals surface area contributed by atoms with E-state index in [1.165, 1.54) is 0 Å². The minimum absolute atomic E-state index is 0.240. The monoisotopic (exact) mass is 378 g/mol. The van der Waals surface area contributed by atoms with Crippen LogP contribution in [0, 0.1) is 5.41 Å². The predicted octanol–water partition coefficient (Wildman–Crippen LogP) is 4.18. The van der Waals surface area contributed by atoms with E-state index < -0.39 is 0 Å². The van der Waals surface area contributed by atoms with Crippen molar-refractivity contribution in [2.24, 2.45) is 5.41 Å². The molecule has 0 heterocycles. The lowest BCUT2D eigenvalue weighted by Crippen LogP contribution is -2.42. The Kier molecular flexibility index (Phi) is 6.45. The molecule has 0 saturated heterocycles. The summed E-state index contributed by atoms with van der Waals surface area (Å²) in [7, 11) is 0. The van der Waals surface area contributed by atoms with Crippen LogP contribution in [0.15, 0.2) is 48.5 Å². The van der Waals surface area contributed by atoms with Gasteiger partial charge in [-0.25, -0.2) is 0 Å². The first-order chi connectivity index (χ1) is 11.8. The molecule has 0 aliphatic rings. The first-order valence-electron chi connectivity index (χ1n) is 7.86. The molecule has 0 saturated carbocycles. The molecule has 6 heteroatoms. The highest BCUT2D eigenvalue weighted by atomic mass is 35.5. The molecule has 4 nitrogen and oxygen atoms in total. The second-order valence-electron chi connectivity index (χ2n) is 6.49. The maximum Gasteiger partial charge on any atom is 0.252 e. The van der Waals surface area contributed by atoms with Gasteiger partial charge in [-0.2, -0.15) is 0 Å². The van der Waals surface area contributed by atoms with Gasteiger partial charge in [-0.05, 0) is 29.7 Å². The lowest BCUT2D eigenvalue weighted by molar-refractivity contribution is 0.0920. The number of rotatable bonds is 6. The molecule has 0 unspecified atom stereocenters. The average Bonchev–Trinajstić information content (AvgIpc) is 2.59. The Bertz CT molecular complexity index is 712. The zero-order valence-electron chi connectivity index (χ0n) is 14.1. The van der Waals surface area contributed by atoms with Gasteiger partial charge < -0.3 is 10.6 Å². The van der Waals surface area contributed by atoms with E-state index in [4.69, 9.17) is 23.2 Å². The van der Waals surface area contributed by atoms with Crippen molar-refractivity contribution in [1.29, 1.82) is 0 Å². The second-order valence-corrected chi connectivity index (χ2v) is 7.30. The third-order valence-electron chi connectivity index (χ3n) is 3.69. The van der Waals surface area contributed by atoms with Gasteiger partial charge in [-0.15, -0.1) is 0 Å². The van der Waals surface area contributed by atoms with Crippen LogP contribution in [0.25, 0.3) is 0 Å². The van der Waals surface area contributed by atoms with Crippen LogP contribution < -0.4 is 10.6 Å². The van der Waals surface area contributed by atoms with E-state index >= 15 is 0 Å². The fourth-order valence-corrected chi connectivity index (χ4v) is 2.63. The van der Waals surface area contributed by atoms with Gasteiger partial charge >= 0.3 is 0 Å². The van der Waals surface area contributed by atoms with Gasteiger partial charge in [0, 0.05) is 13.1 Å². The van der Waals surface area contributed by atoms with Gasteiger partial charge in [0.15, 0.2) is 0 Å². The van der Waals surface area contributed by atoms with Crippen molar-refractivity contribution in [1.82, 2.24) is 10.6 Å². The second kappa shape index (κ2) is 8.37. The normalized spacial score (nSPS) is 11.0. The number of carbonyl (C=O) groups excluding carboxylic acids is 2. The lowest BCUT2D eigenvalue weighted by atomic mass is 9.93. The zero-order valence-corrected chi connectivity index (χ0v) is 15.6. The van der Waals surface area contributed by atoms with Crippen molar-refractivity contribution < 1.29 is 9.59 Å². The first-order valence-corrected chi connectivity index (χ1v) is 8.61. The van der Waals surface area contributed by atoms with Crippen LogP contribution in [0.1, 0.15) is 34.6 Å². The van der Waals surface area contributed by atoms with Gasteiger partial charge in [-0.1, -0.05) is 61.3 Å². The molecule has 0 aromatic heterocycles. The highest BCUT2D eigenvalue weighted by molar-refractivity contribution is 6.34. The van der Waals surface area contributed by atoms with Crippen LogP contribution in [0.2, 0.25) is 10.0 Å². The third-order valence-corrected chi connectivity index (χ3v) is 4.35. The Morgan fingerprint density at radius 1 is 0.800 bits per heavy atom. The van der Waals surface area contributed by atoms with Crippen molar-refractivity contribution in [2.75, 3.05) is 13.1 Å². The molecule has 2 N–H and O–H groups in total. The number of carbonyl (C=O) groups is 2. The summed E-state index contributed by atoms with van der Waals surface area (Å²) in [6.07, 6.45) is 0. The van der Waals surface area contributed by atoms with Crippen molar-refractivity contribution >= 4 is 35.0 Å². The molecule has 2 amide bonds. The quantitative estimate of drug-likeness (QED) is 0.791. The highest BCUT2D eigenvalue weighted by Gasteiger charge is 2.21. The van der Waals surface area contributed by atoms with Gasteiger partial charge in [0.05, 0.1) is 21.2 Å². The van der Waals surface area contributed by atoms with Crippen LogP contribution in [-0.4, -0.2) is 24.9 Å². The summed E-state index contributed by atoms with van der Waals surface area (Å²) in [4.78, 5) is 24.4. The number of hydrogen-bond acceptors (Lipinski definition) is 2. The summed E-state index contributed by atoms with van der Waals surface area (Å²) >= 11 is 12.0. The van der Waals surface area contributed by atoms with E-state index in [-0.39, 0.29) is 17.2 Å². The summed E-state index contributed by atoms with van der Waals surface area (Å²) in [5.41, 5.74) is 0.522. The Morgan fingerprint density at radius 2 is 1.16 bits per heavy atom. The minimum atomic E-state index is -0.339.